The molecule has 0 radical (unpaired) electrons. The van der Waals surface area contributed by atoms with Gasteiger partial charge in [0.1, 0.15) is 0 Å². The molecular formula is C24H32N2O4. The lowest BCUT2D eigenvalue weighted by atomic mass is 10.1. The van der Waals surface area contributed by atoms with Gasteiger partial charge in [-0.25, -0.2) is 0 Å². The maximum atomic E-state index is 12.6. The Balaban J connectivity index is 2.03. The van der Waals surface area contributed by atoms with E-state index in [9.17, 15) is 9.59 Å². The molecule has 30 heavy (non-hydrogen) atoms. The number of benzene rings is 2. The van der Waals surface area contributed by atoms with Gasteiger partial charge in [0, 0.05) is 17.2 Å². The van der Waals surface area contributed by atoms with Gasteiger partial charge in [0.2, 0.25) is 5.91 Å². The van der Waals surface area contributed by atoms with Gasteiger partial charge in [-0.2, -0.15) is 0 Å². The van der Waals surface area contributed by atoms with Gasteiger partial charge in [0.15, 0.2) is 11.5 Å². The molecular weight excluding hydrogens is 380 g/mol. The first-order chi connectivity index (χ1) is 14.2. The second-order valence-electron chi connectivity index (χ2n) is 8.03. The smallest absolute Gasteiger partial charge is 0.251 e. The van der Waals surface area contributed by atoms with Crippen LogP contribution < -0.4 is 20.1 Å². The predicted octanol–water partition coefficient (Wildman–Crippen LogP) is 4.82. The molecule has 2 rings (SSSR count). The Morgan fingerprint density at radius 1 is 0.933 bits per heavy atom. The van der Waals surface area contributed by atoms with Crippen LogP contribution in [0, 0.1) is 11.8 Å². The highest BCUT2D eigenvalue weighted by atomic mass is 16.5. The predicted molar refractivity (Wildman–Crippen MR) is 119 cm³/mol. The van der Waals surface area contributed by atoms with Gasteiger partial charge in [0.25, 0.3) is 5.91 Å². The van der Waals surface area contributed by atoms with Crippen molar-refractivity contribution in [3.05, 3.63) is 53.6 Å². The van der Waals surface area contributed by atoms with E-state index >= 15 is 0 Å². The molecule has 6 nitrogen and oxygen atoms in total. The van der Waals surface area contributed by atoms with Gasteiger partial charge in [-0.05, 0) is 54.8 Å². The molecule has 2 N–H and O–H groups in total. The van der Waals surface area contributed by atoms with Crippen molar-refractivity contribution in [3.63, 3.8) is 0 Å². The number of carbonyl (C=O) groups is 2. The van der Waals surface area contributed by atoms with Gasteiger partial charge in [-0.3, -0.25) is 9.59 Å². The third kappa shape index (κ3) is 6.51. The van der Waals surface area contributed by atoms with E-state index in [4.69, 9.17) is 9.47 Å². The Labute approximate surface area is 179 Å². The molecule has 0 saturated heterocycles. The number of amides is 2. The normalized spacial score (nSPS) is 11.9. The first kappa shape index (κ1) is 23.3. The van der Waals surface area contributed by atoms with E-state index in [1.165, 1.54) is 0 Å². The molecule has 162 valence electrons. The van der Waals surface area contributed by atoms with Crippen LogP contribution in [0.4, 0.5) is 5.69 Å². The topological polar surface area (TPSA) is 76.7 Å². The lowest BCUT2D eigenvalue weighted by Gasteiger charge is -2.18. The van der Waals surface area contributed by atoms with E-state index in [1.807, 2.05) is 39.0 Å². The van der Waals surface area contributed by atoms with Crippen LogP contribution in [0.2, 0.25) is 0 Å². The van der Waals surface area contributed by atoms with Crippen LogP contribution in [0.15, 0.2) is 42.5 Å². The van der Waals surface area contributed by atoms with Gasteiger partial charge < -0.3 is 20.1 Å². The van der Waals surface area contributed by atoms with Gasteiger partial charge in [0.05, 0.1) is 19.8 Å². The number of carbonyl (C=O) groups excluding carboxylic acids is 2. The Morgan fingerprint density at radius 3 is 2.17 bits per heavy atom. The third-order valence-electron chi connectivity index (χ3n) is 4.55. The molecule has 0 spiro atoms. The molecule has 2 aromatic rings. The molecule has 6 heteroatoms. The molecule has 1 atom stereocenters. The largest absolute Gasteiger partial charge is 0.493 e. The first-order valence-electron chi connectivity index (χ1n) is 10.2. The zero-order valence-corrected chi connectivity index (χ0v) is 18.6. The van der Waals surface area contributed by atoms with E-state index in [1.54, 1.807) is 31.4 Å². The lowest BCUT2D eigenvalue weighted by molar-refractivity contribution is -0.118. The molecule has 0 aliphatic rings. The van der Waals surface area contributed by atoms with E-state index in [0.717, 1.165) is 5.56 Å². The number of ether oxygens (including phenoxy) is 2. The Hall–Kier alpha value is -3.02. The molecule has 0 heterocycles. The molecule has 2 amide bonds. The molecule has 0 aliphatic carbocycles. The average molecular weight is 413 g/mol. The Bertz CT molecular complexity index is 860. The standard InChI is InChI=1S/C24H32N2O4/c1-15(2)14-30-21-12-9-19(13-22(21)29-6)17(5)25-24(28)18-7-10-20(11-8-18)26-23(27)16(3)4/h7-13,15-17H,14H2,1-6H3,(H,25,28)(H,26,27). The molecule has 0 fully saturated rings. The fourth-order valence-corrected chi connectivity index (χ4v) is 2.68. The minimum absolute atomic E-state index is 0.0596. The van der Waals surface area contributed by atoms with Crippen LogP contribution in [0.25, 0.3) is 0 Å². The summed E-state index contributed by atoms with van der Waals surface area (Å²) in [5.74, 6) is 1.39. The summed E-state index contributed by atoms with van der Waals surface area (Å²) >= 11 is 0. The van der Waals surface area contributed by atoms with Crippen molar-refractivity contribution >= 4 is 17.5 Å². The SMILES string of the molecule is COc1cc(C(C)NC(=O)c2ccc(NC(=O)C(C)C)cc2)ccc1OCC(C)C. The van der Waals surface area contributed by atoms with Crippen molar-refractivity contribution in [2.45, 2.75) is 40.7 Å². The Kier molecular flexibility index (Phi) is 8.27. The Morgan fingerprint density at radius 2 is 1.60 bits per heavy atom. The minimum Gasteiger partial charge on any atom is -0.493 e. The van der Waals surface area contributed by atoms with Crippen LogP contribution in [-0.4, -0.2) is 25.5 Å². The number of anilines is 1. The van der Waals surface area contributed by atoms with Crippen molar-refractivity contribution in [3.8, 4) is 11.5 Å². The van der Waals surface area contributed by atoms with Crippen molar-refractivity contribution in [2.75, 3.05) is 19.0 Å². The van der Waals surface area contributed by atoms with E-state index in [2.05, 4.69) is 24.5 Å². The van der Waals surface area contributed by atoms with E-state index < -0.39 is 0 Å². The van der Waals surface area contributed by atoms with Crippen molar-refractivity contribution in [2.24, 2.45) is 11.8 Å². The third-order valence-corrected chi connectivity index (χ3v) is 4.55. The van der Waals surface area contributed by atoms with Crippen LogP contribution >= 0.6 is 0 Å². The number of methoxy groups -OCH3 is 1. The quantitative estimate of drug-likeness (QED) is 0.619. The summed E-state index contributed by atoms with van der Waals surface area (Å²) in [6.07, 6.45) is 0. The van der Waals surface area contributed by atoms with Crippen molar-refractivity contribution in [1.29, 1.82) is 0 Å². The molecule has 1 unspecified atom stereocenters. The maximum absolute atomic E-state index is 12.6. The number of nitrogens with one attached hydrogen (secondary N) is 2. The second kappa shape index (κ2) is 10.7. The van der Waals surface area contributed by atoms with Crippen molar-refractivity contribution in [1.82, 2.24) is 5.32 Å². The van der Waals surface area contributed by atoms with Crippen molar-refractivity contribution < 1.29 is 19.1 Å². The van der Waals surface area contributed by atoms with Crippen LogP contribution in [-0.2, 0) is 4.79 Å². The molecule has 2 aromatic carbocycles. The number of hydrogen-bond acceptors (Lipinski definition) is 4. The van der Waals surface area contributed by atoms with E-state index in [-0.39, 0.29) is 23.8 Å². The number of rotatable bonds is 9. The van der Waals surface area contributed by atoms with Crippen LogP contribution in [0.5, 0.6) is 11.5 Å². The monoisotopic (exact) mass is 412 g/mol. The fraction of sp³-hybridized carbons (Fsp3) is 0.417. The average Bonchev–Trinajstić information content (AvgIpc) is 2.72. The molecule has 0 aromatic heterocycles. The summed E-state index contributed by atoms with van der Waals surface area (Å²) in [6.45, 7) is 10.4. The van der Waals surface area contributed by atoms with Gasteiger partial charge in [-0.1, -0.05) is 33.8 Å². The second-order valence-corrected chi connectivity index (χ2v) is 8.03. The summed E-state index contributed by atoms with van der Waals surface area (Å²) in [5.41, 5.74) is 2.10. The number of hydrogen-bond donors (Lipinski definition) is 2. The summed E-state index contributed by atoms with van der Waals surface area (Å²) in [5, 5.41) is 5.80. The summed E-state index contributed by atoms with van der Waals surface area (Å²) < 4.78 is 11.2. The van der Waals surface area contributed by atoms with Gasteiger partial charge >= 0.3 is 0 Å². The van der Waals surface area contributed by atoms with Crippen LogP contribution in [0.1, 0.15) is 56.6 Å². The van der Waals surface area contributed by atoms with E-state index in [0.29, 0.717) is 35.3 Å². The zero-order chi connectivity index (χ0) is 22.3. The summed E-state index contributed by atoms with van der Waals surface area (Å²) in [4.78, 5) is 24.4. The minimum atomic E-state index is -0.217. The van der Waals surface area contributed by atoms with Crippen LogP contribution in [0.3, 0.4) is 0 Å². The summed E-state index contributed by atoms with van der Waals surface area (Å²) in [6, 6.07) is 12.3. The zero-order valence-electron chi connectivity index (χ0n) is 18.6. The van der Waals surface area contributed by atoms with Gasteiger partial charge in [-0.15, -0.1) is 0 Å². The highest BCUT2D eigenvalue weighted by molar-refractivity contribution is 5.96. The maximum Gasteiger partial charge on any atom is 0.251 e. The lowest BCUT2D eigenvalue weighted by Crippen LogP contribution is -2.26. The highest BCUT2D eigenvalue weighted by Gasteiger charge is 2.15. The highest BCUT2D eigenvalue weighted by Crippen LogP contribution is 2.30. The molecule has 0 aliphatic heterocycles. The summed E-state index contributed by atoms with van der Waals surface area (Å²) in [7, 11) is 1.60. The molecule has 0 bridgehead atoms. The first-order valence-corrected chi connectivity index (χ1v) is 10.2. The molecule has 0 saturated carbocycles. The fourth-order valence-electron chi connectivity index (χ4n) is 2.68.